The van der Waals surface area contributed by atoms with E-state index >= 15 is 0 Å². The van der Waals surface area contributed by atoms with Crippen LogP contribution in [0.25, 0.3) is 0 Å². The first kappa shape index (κ1) is 55.6. The highest BCUT2D eigenvalue weighted by Crippen LogP contribution is 2.26. The Morgan fingerprint density at radius 2 is 1.02 bits per heavy atom. The second kappa shape index (κ2) is 35.8. The molecule has 0 radical (unpaired) electrons. The summed E-state index contributed by atoms with van der Waals surface area (Å²) in [5.74, 6) is -0.384. The number of carbonyl (C=O) groups is 1. The standard InChI is InChI=1S/C47H86O14/c1-3-5-7-9-11-13-14-15-16-17-18-19-20-21-22-24-26-28-30-39(49)59-36(33-56-31-29-27-25-23-12-10-8-6-4-2)34-57-46-45(55)43(53)41(51)38(61-46)35-58-47-44(54)42(52)40(50)37(32-48)60-47/h13-14,16-17,36-38,40-48,50-55H,3-12,15,18-35H2,1-2H3/b14-13-,17-16-. The maximum absolute atomic E-state index is 12.9. The number of allylic oxidation sites excluding steroid dienone is 4. The second-order valence-corrected chi connectivity index (χ2v) is 16.9. The summed E-state index contributed by atoms with van der Waals surface area (Å²) in [5, 5.41) is 71.9. The summed E-state index contributed by atoms with van der Waals surface area (Å²) < 4.78 is 34.1. The first-order chi connectivity index (χ1) is 29.6. The van der Waals surface area contributed by atoms with Crippen molar-refractivity contribution in [2.75, 3.05) is 33.0 Å². The Morgan fingerprint density at radius 3 is 1.59 bits per heavy atom. The highest BCUT2D eigenvalue weighted by atomic mass is 16.7. The average Bonchev–Trinajstić information content (AvgIpc) is 3.25. The Morgan fingerprint density at radius 1 is 0.541 bits per heavy atom. The Bertz CT molecular complexity index is 1110. The molecule has 2 rings (SSSR count). The van der Waals surface area contributed by atoms with Crippen molar-refractivity contribution in [1.29, 1.82) is 0 Å². The van der Waals surface area contributed by atoms with Gasteiger partial charge in [0.05, 0.1) is 26.4 Å². The molecule has 0 aliphatic carbocycles. The van der Waals surface area contributed by atoms with Crippen molar-refractivity contribution in [3.63, 3.8) is 0 Å². The molecule has 2 heterocycles. The zero-order valence-electron chi connectivity index (χ0n) is 37.7. The average molecular weight is 875 g/mol. The van der Waals surface area contributed by atoms with Crippen LogP contribution in [-0.4, -0.2) is 142 Å². The van der Waals surface area contributed by atoms with Crippen LogP contribution in [0.2, 0.25) is 0 Å². The first-order valence-corrected chi connectivity index (χ1v) is 23.9. The van der Waals surface area contributed by atoms with E-state index in [1.54, 1.807) is 0 Å². The third kappa shape index (κ3) is 24.4. The molecule has 61 heavy (non-hydrogen) atoms. The van der Waals surface area contributed by atoms with E-state index in [-0.39, 0.29) is 25.6 Å². The topological polar surface area (TPSA) is 214 Å². The van der Waals surface area contributed by atoms with Gasteiger partial charge in [-0.25, -0.2) is 0 Å². The van der Waals surface area contributed by atoms with Gasteiger partial charge in [0.1, 0.15) is 54.9 Å². The van der Waals surface area contributed by atoms with E-state index in [0.29, 0.717) is 13.0 Å². The smallest absolute Gasteiger partial charge is 0.306 e. The Balaban J connectivity index is 1.77. The first-order valence-electron chi connectivity index (χ1n) is 23.9. The van der Waals surface area contributed by atoms with Gasteiger partial charge in [-0.15, -0.1) is 0 Å². The molecule has 2 fully saturated rings. The maximum Gasteiger partial charge on any atom is 0.306 e. The zero-order valence-corrected chi connectivity index (χ0v) is 37.7. The Hall–Kier alpha value is -1.53. The minimum atomic E-state index is -1.70. The quantitative estimate of drug-likeness (QED) is 0.0215. The van der Waals surface area contributed by atoms with Crippen LogP contribution in [0, 0.1) is 0 Å². The van der Waals surface area contributed by atoms with Crippen molar-refractivity contribution in [2.45, 2.75) is 235 Å². The third-order valence-corrected chi connectivity index (χ3v) is 11.5. The molecule has 0 aromatic rings. The van der Waals surface area contributed by atoms with E-state index in [0.717, 1.165) is 51.4 Å². The number of aliphatic hydroxyl groups excluding tert-OH is 7. The molecule has 14 nitrogen and oxygen atoms in total. The molecule has 0 saturated carbocycles. The number of unbranched alkanes of at least 4 members (excludes halogenated alkanes) is 19. The van der Waals surface area contributed by atoms with Crippen LogP contribution in [0.3, 0.4) is 0 Å². The van der Waals surface area contributed by atoms with Gasteiger partial charge in [0, 0.05) is 13.0 Å². The van der Waals surface area contributed by atoms with Gasteiger partial charge in [0.25, 0.3) is 0 Å². The Kier molecular flexibility index (Phi) is 32.6. The number of aliphatic hydroxyl groups is 7. The van der Waals surface area contributed by atoms with E-state index in [2.05, 4.69) is 38.2 Å². The summed E-state index contributed by atoms with van der Waals surface area (Å²) in [5.41, 5.74) is 0. The predicted octanol–water partition coefficient (Wildman–Crippen LogP) is 6.07. The van der Waals surface area contributed by atoms with Crippen LogP contribution in [-0.2, 0) is 33.2 Å². The van der Waals surface area contributed by atoms with Gasteiger partial charge in [0.15, 0.2) is 12.6 Å². The van der Waals surface area contributed by atoms with Gasteiger partial charge >= 0.3 is 5.97 Å². The van der Waals surface area contributed by atoms with Crippen LogP contribution in [0.1, 0.15) is 168 Å². The lowest BCUT2D eigenvalue weighted by Gasteiger charge is -2.42. The van der Waals surface area contributed by atoms with Crippen molar-refractivity contribution in [3.8, 4) is 0 Å². The van der Waals surface area contributed by atoms with Gasteiger partial charge in [0.2, 0.25) is 0 Å². The van der Waals surface area contributed by atoms with E-state index in [9.17, 15) is 40.5 Å². The third-order valence-electron chi connectivity index (χ3n) is 11.5. The van der Waals surface area contributed by atoms with E-state index < -0.39 is 80.7 Å². The lowest BCUT2D eigenvalue weighted by Crippen LogP contribution is -2.61. The normalized spacial score (nSPS) is 27.6. The highest BCUT2D eigenvalue weighted by Gasteiger charge is 2.47. The molecule has 0 amide bonds. The van der Waals surface area contributed by atoms with Crippen molar-refractivity contribution in [3.05, 3.63) is 24.3 Å². The molecular weight excluding hydrogens is 789 g/mol. The molecule has 2 aliphatic rings. The van der Waals surface area contributed by atoms with Crippen molar-refractivity contribution in [1.82, 2.24) is 0 Å². The number of ether oxygens (including phenoxy) is 6. The van der Waals surface area contributed by atoms with Gasteiger partial charge in [-0.3, -0.25) is 4.79 Å². The number of hydrogen-bond acceptors (Lipinski definition) is 14. The zero-order chi connectivity index (χ0) is 44.5. The van der Waals surface area contributed by atoms with Crippen LogP contribution in [0.5, 0.6) is 0 Å². The highest BCUT2D eigenvalue weighted by molar-refractivity contribution is 5.69. The summed E-state index contributed by atoms with van der Waals surface area (Å²) in [6.07, 6.45) is 19.6. The lowest BCUT2D eigenvalue weighted by atomic mass is 9.98. The maximum atomic E-state index is 12.9. The van der Waals surface area contributed by atoms with Crippen LogP contribution in [0.15, 0.2) is 24.3 Å². The van der Waals surface area contributed by atoms with Crippen LogP contribution < -0.4 is 0 Å². The van der Waals surface area contributed by atoms with Crippen molar-refractivity contribution >= 4 is 5.97 Å². The van der Waals surface area contributed by atoms with Gasteiger partial charge in [-0.2, -0.15) is 0 Å². The molecule has 2 saturated heterocycles. The Labute approximate surface area is 367 Å². The number of hydrogen-bond donors (Lipinski definition) is 7. The number of esters is 1. The molecule has 0 bridgehead atoms. The summed E-state index contributed by atoms with van der Waals surface area (Å²) in [4.78, 5) is 12.9. The van der Waals surface area contributed by atoms with Crippen LogP contribution >= 0.6 is 0 Å². The number of rotatable bonds is 37. The molecule has 2 aliphatic heterocycles. The summed E-state index contributed by atoms with van der Waals surface area (Å²) >= 11 is 0. The minimum Gasteiger partial charge on any atom is -0.457 e. The second-order valence-electron chi connectivity index (χ2n) is 16.9. The molecule has 14 heteroatoms. The summed E-state index contributed by atoms with van der Waals surface area (Å²) in [6.45, 7) is 3.64. The van der Waals surface area contributed by atoms with Gasteiger partial charge in [-0.1, -0.05) is 141 Å². The van der Waals surface area contributed by atoms with E-state index in [1.807, 2.05) is 0 Å². The molecule has 0 aromatic heterocycles. The molecule has 11 atom stereocenters. The predicted molar refractivity (Wildman–Crippen MR) is 233 cm³/mol. The fourth-order valence-corrected chi connectivity index (χ4v) is 7.49. The summed E-state index contributed by atoms with van der Waals surface area (Å²) in [7, 11) is 0. The van der Waals surface area contributed by atoms with Crippen molar-refractivity contribution in [2.24, 2.45) is 0 Å². The fraction of sp³-hybridized carbons (Fsp3) is 0.894. The van der Waals surface area contributed by atoms with E-state index in [1.165, 1.54) is 89.9 Å². The number of carbonyl (C=O) groups excluding carboxylic acids is 1. The summed E-state index contributed by atoms with van der Waals surface area (Å²) in [6, 6.07) is 0. The van der Waals surface area contributed by atoms with Gasteiger partial charge in [-0.05, 0) is 44.9 Å². The molecule has 358 valence electrons. The minimum absolute atomic E-state index is 0.0609. The van der Waals surface area contributed by atoms with E-state index in [4.69, 9.17) is 28.4 Å². The molecule has 11 unspecified atom stereocenters. The van der Waals surface area contributed by atoms with Gasteiger partial charge < -0.3 is 64.2 Å². The molecular formula is C47H86O14. The lowest BCUT2D eigenvalue weighted by molar-refractivity contribution is -0.332. The SMILES string of the molecule is CCCCCC/C=C\C/C=C\CCCCCCCCCC(=O)OC(COCCCCCCCCCCC)COC1OC(COC2OC(CO)C(O)C(O)C2O)C(O)C(O)C1O. The largest absolute Gasteiger partial charge is 0.457 e. The fourth-order valence-electron chi connectivity index (χ4n) is 7.49. The monoisotopic (exact) mass is 875 g/mol. The molecule has 0 spiro atoms. The van der Waals surface area contributed by atoms with Crippen LogP contribution in [0.4, 0.5) is 0 Å². The molecule has 7 N–H and O–H groups in total. The molecule has 0 aromatic carbocycles. The van der Waals surface area contributed by atoms with Crippen molar-refractivity contribution < 1.29 is 69.0 Å².